The van der Waals surface area contributed by atoms with Crippen LogP contribution >= 0.6 is 0 Å². The summed E-state index contributed by atoms with van der Waals surface area (Å²) in [6, 6.07) is 7.40. The van der Waals surface area contributed by atoms with Crippen molar-refractivity contribution in [3.05, 3.63) is 65.5 Å². The molecule has 0 heterocycles. The highest BCUT2D eigenvalue weighted by Crippen LogP contribution is 2.51. The minimum atomic E-state index is -6.02. The fourth-order valence-corrected chi connectivity index (χ4v) is 2.43. The Morgan fingerprint density at radius 1 is 0.760 bits per heavy atom. The normalized spacial score (nSPS) is 14.9. The Labute approximate surface area is 140 Å². The Morgan fingerprint density at radius 3 is 1.52 bits per heavy atom. The third-order valence-corrected chi connectivity index (χ3v) is 3.87. The lowest BCUT2D eigenvalue weighted by Crippen LogP contribution is -2.55. The summed E-state index contributed by atoms with van der Waals surface area (Å²) in [5.74, 6) is -6.33. The van der Waals surface area contributed by atoms with Gasteiger partial charge >= 0.3 is 12.1 Å². The summed E-state index contributed by atoms with van der Waals surface area (Å²) in [4.78, 5) is 1.61. The van der Waals surface area contributed by atoms with Crippen molar-refractivity contribution < 1.29 is 31.4 Å². The SMILES string of the molecule is CN(C)c1ccc(C(O)(c2ccc(F)cc2)C(F)(F)C(F)(F)F)cc1. The molecule has 0 amide bonds. The molecule has 25 heavy (non-hydrogen) atoms. The van der Waals surface area contributed by atoms with E-state index in [2.05, 4.69) is 0 Å². The van der Waals surface area contributed by atoms with Crippen molar-refractivity contribution in [3.63, 3.8) is 0 Å². The van der Waals surface area contributed by atoms with Crippen LogP contribution in [0, 0.1) is 5.82 Å². The third kappa shape index (κ3) is 3.18. The van der Waals surface area contributed by atoms with Gasteiger partial charge in [0, 0.05) is 19.8 Å². The van der Waals surface area contributed by atoms with E-state index in [0.29, 0.717) is 30.0 Å². The van der Waals surface area contributed by atoms with Crippen molar-refractivity contribution in [2.24, 2.45) is 0 Å². The fraction of sp³-hybridized carbons (Fsp3) is 0.294. The molecule has 0 saturated carbocycles. The number of benzene rings is 2. The largest absolute Gasteiger partial charge is 0.457 e. The summed E-state index contributed by atoms with van der Waals surface area (Å²) in [5, 5.41) is 10.5. The summed E-state index contributed by atoms with van der Waals surface area (Å²) in [6.07, 6.45) is -6.02. The van der Waals surface area contributed by atoms with Crippen LogP contribution in [0.4, 0.5) is 32.0 Å². The Balaban J connectivity index is 2.70. The molecule has 8 heteroatoms. The molecule has 2 aromatic rings. The zero-order valence-electron chi connectivity index (χ0n) is 13.3. The van der Waals surface area contributed by atoms with Gasteiger partial charge in [0.2, 0.25) is 0 Å². The number of halogens is 6. The molecule has 0 aromatic heterocycles. The second-order valence-corrected chi connectivity index (χ2v) is 5.73. The van der Waals surface area contributed by atoms with E-state index in [1.165, 1.54) is 12.1 Å². The van der Waals surface area contributed by atoms with E-state index in [4.69, 9.17) is 0 Å². The maximum absolute atomic E-state index is 14.2. The second kappa shape index (κ2) is 6.25. The molecule has 2 rings (SSSR count). The highest BCUT2D eigenvalue weighted by Gasteiger charge is 2.71. The van der Waals surface area contributed by atoms with Gasteiger partial charge in [-0.3, -0.25) is 0 Å². The Kier molecular flexibility index (Phi) is 4.78. The number of hydrogen-bond donors (Lipinski definition) is 1. The summed E-state index contributed by atoms with van der Waals surface area (Å²) >= 11 is 0. The molecule has 2 nitrogen and oxygen atoms in total. The van der Waals surface area contributed by atoms with E-state index < -0.39 is 34.6 Å². The first-order chi connectivity index (χ1) is 11.4. The third-order valence-electron chi connectivity index (χ3n) is 3.87. The van der Waals surface area contributed by atoms with Crippen molar-refractivity contribution in [2.75, 3.05) is 19.0 Å². The molecular weight excluding hydrogens is 348 g/mol. The molecule has 0 saturated heterocycles. The van der Waals surface area contributed by atoms with Crippen LogP contribution in [0.5, 0.6) is 0 Å². The Hall–Kier alpha value is -2.22. The van der Waals surface area contributed by atoms with Gasteiger partial charge in [-0.1, -0.05) is 24.3 Å². The van der Waals surface area contributed by atoms with Crippen LogP contribution in [0.1, 0.15) is 11.1 Å². The van der Waals surface area contributed by atoms with E-state index in [1.807, 2.05) is 0 Å². The van der Waals surface area contributed by atoms with Crippen LogP contribution in [-0.2, 0) is 5.60 Å². The van der Waals surface area contributed by atoms with Gasteiger partial charge in [-0.2, -0.15) is 22.0 Å². The van der Waals surface area contributed by atoms with E-state index in [-0.39, 0.29) is 0 Å². The molecule has 0 aliphatic heterocycles. The predicted octanol–water partition coefficient (Wildman–Crippen LogP) is 4.33. The number of aliphatic hydroxyl groups is 1. The van der Waals surface area contributed by atoms with Crippen molar-refractivity contribution in [1.82, 2.24) is 0 Å². The van der Waals surface area contributed by atoms with Crippen LogP contribution in [0.15, 0.2) is 48.5 Å². The van der Waals surface area contributed by atoms with Gasteiger partial charge in [-0.15, -0.1) is 0 Å². The quantitative estimate of drug-likeness (QED) is 0.818. The van der Waals surface area contributed by atoms with Crippen molar-refractivity contribution in [2.45, 2.75) is 17.7 Å². The Morgan fingerprint density at radius 2 is 1.16 bits per heavy atom. The minimum absolute atomic E-state index is 0.542. The van der Waals surface area contributed by atoms with E-state index in [9.17, 15) is 31.4 Å². The summed E-state index contributed by atoms with van der Waals surface area (Å²) in [5.41, 5.74) is -4.59. The number of rotatable bonds is 4. The predicted molar refractivity (Wildman–Crippen MR) is 81.2 cm³/mol. The van der Waals surface area contributed by atoms with Crippen LogP contribution in [0.2, 0.25) is 0 Å². The lowest BCUT2D eigenvalue weighted by atomic mass is 9.80. The molecule has 0 radical (unpaired) electrons. The molecular formula is C17H15F6NO. The second-order valence-electron chi connectivity index (χ2n) is 5.73. The average Bonchev–Trinajstić information content (AvgIpc) is 2.53. The van der Waals surface area contributed by atoms with E-state index in [1.54, 1.807) is 19.0 Å². The van der Waals surface area contributed by atoms with Gasteiger partial charge in [0.25, 0.3) is 0 Å². The summed E-state index contributed by atoms with van der Waals surface area (Å²) in [7, 11) is 3.32. The van der Waals surface area contributed by atoms with Crippen molar-refractivity contribution in [3.8, 4) is 0 Å². The zero-order valence-corrected chi connectivity index (χ0v) is 13.3. The van der Waals surface area contributed by atoms with Gasteiger partial charge in [-0.25, -0.2) is 4.39 Å². The van der Waals surface area contributed by atoms with Crippen LogP contribution in [0.3, 0.4) is 0 Å². The summed E-state index contributed by atoms with van der Waals surface area (Å²) < 4.78 is 80.5. The van der Waals surface area contributed by atoms with Gasteiger partial charge in [-0.05, 0) is 35.4 Å². The van der Waals surface area contributed by atoms with Crippen molar-refractivity contribution >= 4 is 5.69 Å². The van der Waals surface area contributed by atoms with Gasteiger partial charge in [0.05, 0.1) is 0 Å². The standard InChI is InChI=1S/C17H15F6NO/c1-24(2)14-9-5-12(6-10-14)15(25,16(19,20)17(21,22)23)11-3-7-13(18)8-4-11/h3-10,25H,1-2H3. The summed E-state index contributed by atoms with van der Waals surface area (Å²) in [6.45, 7) is 0. The molecule has 0 spiro atoms. The first-order valence-corrected chi connectivity index (χ1v) is 7.12. The monoisotopic (exact) mass is 363 g/mol. The van der Waals surface area contributed by atoms with Crippen LogP contribution in [-0.4, -0.2) is 31.3 Å². The molecule has 0 aliphatic carbocycles. The topological polar surface area (TPSA) is 23.5 Å². The maximum atomic E-state index is 14.2. The Bertz CT molecular complexity index is 724. The molecule has 0 fully saturated rings. The molecule has 1 N–H and O–H groups in total. The molecule has 1 unspecified atom stereocenters. The maximum Gasteiger partial charge on any atom is 0.457 e. The molecule has 2 aromatic carbocycles. The van der Waals surface area contributed by atoms with Gasteiger partial charge in [0.1, 0.15) is 5.82 Å². The number of anilines is 1. The smallest absolute Gasteiger partial charge is 0.378 e. The zero-order chi connectivity index (χ0) is 19.0. The van der Waals surface area contributed by atoms with Crippen LogP contribution < -0.4 is 4.90 Å². The highest BCUT2D eigenvalue weighted by molar-refractivity contribution is 5.49. The molecule has 0 bridgehead atoms. The fourth-order valence-electron chi connectivity index (χ4n) is 2.43. The first-order valence-electron chi connectivity index (χ1n) is 7.12. The number of hydrogen-bond acceptors (Lipinski definition) is 2. The number of alkyl halides is 5. The average molecular weight is 363 g/mol. The molecule has 136 valence electrons. The number of nitrogens with zero attached hydrogens (tertiary/aromatic N) is 1. The van der Waals surface area contributed by atoms with Gasteiger partial charge in [0.15, 0.2) is 5.60 Å². The van der Waals surface area contributed by atoms with Crippen molar-refractivity contribution in [1.29, 1.82) is 0 Å². The van der Waals surface area contributed by atoms with Gasteiger partial charge < -0.3 is 10.0 Å². The minimum Gasteiger partial charge on any atom is -0.378 e. The first kappa shape index (κ1) is 19.1. The lowest BCUT2D eigenvalue weighted by Gasteiger charge is -2.37. The lowest BCUT2D eigenvalue weighted by molar-refractivity contribution is -0.336. The van der Waals surface area contributed by atoms with E-state index in [0.717, 1.165) is 12.1 Å². The highest BCUT2D eigenvalue weighted by atomic mass is 19.4. The molecule has 1 atom stereocenters. The molecule has 0 aliphatic rings. The van der Waals surface area contributed by atoms with E-state index >= 15 is 0 Å². The van der Waals surface area contributed by atoms with Crippen LogP contribution in [0.25, 0.3) is 0 Å².